The zero-order chi connectivity index (χ0) is 14.8. The van der Waals surface area contributed by atoms with Crippen LogP contribution >= 0.6 is 0 Å². The second-order valence-electron chi connectivity index (χ2n) is 3.77. The van der Waals surface area contributed by atoms with Crippen LogP contribution in [-0.2, 0) is 18.4 Å². The predicted molar refractivity (Wildman–Crippen MR) is 70.2 cm³/mol. The predicted octanol–water partition coefficient (Wildman–Crippen LogP) is 4.49. The van der Waals surface area contributed by atoms with Crippen LogP contribution in [0.1, 0.15) is 5.56 Å². The molecule has 2 aromatic rings. The van der Waals surface area contributed by atoms with E-state index in [2.05, 4.69) is 55.1 Å². The Morgan fingerprint density at radius 2 is 1.26 bits per heavy atom. The molecule has 0 heterocycles. The van der Waals surface area contributed by atoms with Gasteiger partial charge in [0.05, 0.1) is 0 Å². The summed E-state index contributed by atoms with van der Waals surface area (Å²) in [5, 5.41) is 2.66. The SMILES string of the molecule is [F][Sb-]([F])([F])([F])([F])[F].[SH2+]Cc1cccc2ccccc12. The Bertz CT molecular complexity index is 561. The number of rotatable bonds is 1. The molecule has 0 saturated carbocycles. The smallest absolute Gasteiger partial charge is 0.0616 e. The summed E-state index contributed by atoms with van der Waals surface area (Å²) in [6.07, 6.45) is 0. The fraction of sp³-hybridized carbons (Fsp3) is 0.0909. The number of fused-ring (bicyclic) bond motifs is 1. The van der Waals surface area contributed by atoms with Crippen LogP contribution in [0, 0.1) is 0 Å². The van der Waals surface area contributed by atoms with Crippen LogP contribution in [0.4, 0.5) is 16.9 Å². The van der Waals surface area contributed by atoms with Gasteiger partial charge in [-0.05, 0) is 23.4 Å². The van der Waals surface area contributed by atoms with Gasteiger partial charge in [0.15, 0.2) is 0 Å². The standard InChI is InChI=1S/C11H10S.6FH.Sb/c12-8-10-6-3-5-9-4-1-2-7-11(9)10;;;;;;;/h1-7,12H,8H2;6*1H;/q;;;;;;;+5/p-5. The van der Waals surface area contributed by atoms with Crippen molar-refractivity contribution >= 4 is 42.9 Å². The molecular formula is C11H11F6SSb. The van der Waals surface area contributed by atoms with E-state index in [0.717, 1.165) is 5.75 Å². The number of hydrogen-bond acceptors (Lipinski definition) is 0. The Kier molecular flexibility index (Phi) is 4.15. The molecule has 0 nitrogen and oxygen atoms in total. The second-order valence-corrected chi connectivity index (χ2v) is 9.60. The van der Waals surface area contributed by atoms with Crippen molar-refractivity contribution in [2.24, 2.45) is 0 Å². The van der Waals surface area contributed by atoms with E-state index in [1.54, 1.807) is 0 Å². The Labute approximate surface area is 113 Å². The summed E-state index contributed by atoms with van der Waals surface area (Å²) < 4.78 is 59.6. The van der Waals surface area contributed by atoms with E-state index >= 15 is 0 Å². The normalized spacial score (nSPS) is 15.1. The largest absolute Gasteiger partial charge is 0.129 e. The summed E-state index contributed by atoms with van der Waals surface area (Å²) in [4.78, 5) is 0. The Morgan fingerprint density at radius 3 is 1.79 bits per heavy atom. The van der Waals surface area contributed by atoms with Crippen molar-refractivity contribution in [3.63, 3.8) is 0 Å². The van der Waals surface area contributed by atoms with Gasteiger partial charge in [0.25, 0.3) is 0 Å². The minimum Gasteiger partial charge on any atom is -0.0616 e. The van der Waals surface area contributed by atoms with Gasteiger partial charge in [0.1, 0.15) is 5.75 Å². The van der Waals surface area contributed by atoms with Gasteiger partial charge in [-0.25, -0.2) is 0 Å². The molecule has 108 valence electrons. The second kappa shape index (κ2) is 4.77. The molecule has 0 aliphatic carbocycles. The van der Waals surface area contributed by atoms with Crippen LogP contribution in [0.5, 0.6) is 0 Å². The van der Waals surface area contributed by atoms with Crippen LogP contribution in [0.2, 0.25) is 0 Å². The molecule has 0 spiro atoms. The number of benzene rings is 2. The molecule has 0 amide bonds. The average Bonchev–Trinajstić information content (AvgIpc) is 2.24. The third-order valence-corrected chi connectivity index (χ3v) is 2.45. The van der Waals surface area contributed by atoms with Gasteiger partial charge in [-0.15, -0.1) is 0 Å². The van der Waals surface area contributed by atoms with E-state index in [-0.39, 0.29) is 0 Å². The summed E-state index contributed by atoms with van der Waals surface area (Å²) in [7, 11) is 0. The van der Waals surface area contributed by atoms with Crippen molar-refractivity contribution in [3.05, 3.63) is 48.0 Å². The number of halogens is 6. The van der Waals surface area contributed by atoms with E-state index < -0.39 is 19.5 Å². The molecule has 0 N–H and O–H groups in total. The van der Waals surface area contributed by atoms with Crippen molar-refractivity contribution in [1.29, 1.82) is 0 Å². The minimum atomic E-state index is -11.2. The monoisotopic (exact) mass is 410 g/mol. The molecule has 0 aromatic heterocycles. The van der Waals surface area contributed by atoms with Gasteiger partial charge >= 0.3 is 36.4 Å². The Balaban J connectivity index is 0.000000224. The summed E-state index contributed by atoms with van der Waals surface area (Å²) in [6.45, 7) is 0. The molecule has 0 fully saturated rings. The maximum absolute atomic E-state index is 11.2. The van der Waals surface area contributed by atoms with Gasteiger partial charge in [-0.2, -0.15) is 0 Å². The molecule has 0 atom stereocenters. The van der Waals surface area contributed by atoms with Crippen molar-refractivity contribution in [1.82, 2.24) is 0 Å². The van der Waals surface area contributed by atoms with Crippen LogP contribution in [-0.4, -0.2) is 19.5 Å². The zero-order valence-corrected chi connectivity index (χ0v) is 13.0. The van der Waals surface area contributed by atoms with Crippen LogP contribution < -0.4 is 0 Å². The molecule has 0 saturated heterocycles. The maximum Gasteiger partial charge on any atom is 0.129 e. The molecule has 2 rings (SSSR count). The first-order valence-electron chi connectivity index (χ1n) is 5.04. The molecule has 0 aliphatic rings. The molecule has 0 aliphatic heterocycles. The van der Waals surface area contributed by atoms with Gasteiger partial charge in [0, 0.05) is 5.56 Å². The molecule has 19 heavy (non-hydrogen) atoms. The van der Waals surface area contributed by atoms with Crippen LogP contribution in [0.3, 0.4) is 0 Å². The van der Waals surface area contributed by atoms with Gasteiger partial charge in [-0.1, -0.05) is 42.5 Å². The minimum absolute atomic E-state index is 0.918. The van der Waals surface area contributed by atoms with Crippen LogP contribution in [0.25, 0.3) is 10.8 Å². The zero-order valence-electron chi connectivity index (χ0n) is 9.46. The molecule has 0 radical (unpaired) electrons. The van der Waals surface area contributed by atoms with E-state index in [1.165, 1.54) is 16.3 Å². The van der Waals surface area contributed by atoms with Crippen LogP contribution in [0.15, 0.2) is 42.5 Å². The van der Waals surface area contributed by atoms with Crippen molar-refractivity contribution in [3.8, 4) is 0 Å². The van der Waals surface area contributed by atoms with E-state index in [1.807, 2.05) is 0 Å². The summed E-state index contributed by atoms with van der Waals surface area (Å²) in [5.74, 6) is 0.918. The average molecular weight is 411 g/mol. The third-order valence-electron chi connectivity index (χ3n) is 2.07. The van der Waals surface area contributed by atoms with E-state index in [9.17, 15) is 16.9 Å². The van der Waals surface area contributed by atoms with Crippen molar-refractivity contribution < 1.29 is 16.9 Å². The third kappa shape index (κ3) is 8.26. The van der Waals surface area contributed by atoms with Crippen molar-refractivity contribution in [2.75, 3.05) is 0 Å². The Morgan fingerprint density at radius 1 is 0.789 bits per heavy atom. The first-order valence-corrected chi connectivity index (χ1v) is 11.5. The first-order chi connectivity index (χ1) is 8.36. The quantitative estimate of drug-likeness (QED) is 0.369. The summed E-state index contributed by atoms with van der Waals surface area (Å²) >= 11 is -7.72. The topological polar surface area (TPSA) is 0 Å². The molecular weight excluding hydrogens is 400 g/mol. The fourth-order valence-corrected chi connectivity index (χ4v) is 1.75. The molecule has 0 bridgehead atoms. The first kappa shape index (κ1) is 16.5. The van der Waals surface area contributed by atoms with Gasteiger partial charge < -0.3 is 0 Å². The van der Waals surface area contributed by atoms with Gasteiger partial charge in [-0.3, -0.25) is 0 Å². The van der Waals surface area contributed by atoms with E-state index in [0.29, 0.717) is 0 Å². The molecule has 0 unspecified atom stereocenters. The summed E-state index contributed by atoms with van der Waals surface area (Å²) in [6, 6.07) is 14.8. The molecule has 2 aromatic carbocycles. The summed E-state index contributed by atoms with van der Waals surface area (Å²) in [5.41, 5.74) is 1.35. The van der Waals surface area contributed by atoms with Gasteiger partial charge in [0.2, 0.25) is 0 Å². The fourth-order valence-electron chi connectivity index (χ4n) is 1.45. The van der Waals surface area contributed by atoms with Crippen molar-refractivity contribution in [2.45, 2.75) is 5.75 Å². The van der Waals surface area contributed by atoms with E-state index in [4.69, 9.17) is 0 Å². The number of hydrogen-bond donors (Lipinski definition) is 0. The Hall–Kier alpha value is -0.552. The maximum atomic E-state index is 9.93. The molecule has 8 heteroatoms.